The molecule has 0 bridgehead atoms. The number of carbonyl (C=O) groups excluding carboxylic acids is 1. The highest BCUT2D eigenvalue weighted by Gasteiger charge is 2.05. The van der Waals surface area contributed by atoms with Gasteiger partial charge in [-0.3, -0.25) is 4.79 Å². The van der Waals surface area contributed by atoms with Crippen LogP contribution in [0.2, 0.25) is 0 Å². The maximum atomic E-state index is 12.0. The second-order valence-electron chi connectivity index (χ2n) is 5.00. The summed E-state index contributed by atoms with van der Waals surface area (Å²) in [6.45, 7) is 5.05. The van der Waals surface area contributed by atoms with Crippen LogP contribution in [0.15, 0.2) is 42.5 Å². The molecule has 18 heavy (non-hydrogen) atoms. The number of fused-ring (bicyclic) bond motifs is 1. The fourth-order valence-electron chi connectivity index (χ4n) is 1.91. The van der Waals surface area contributed by atoms with Crippen molar-refractivity contribution >= 4 is 16.7 Å². The van der Waals surface area contributed by atoms with Gasteiger partial charge in [-0.05, 0) is 35.2 Å². The summed E-state index contributed by atoms with van der Waals surface area (Å²) in [7, 11) is 0. The molecule has 0 spiro atoms. The predicted octanol–water partition coefficient (Wildman–Crippen LogP) is 3.62. The molecule has 0 radical (unpaired) electrons. The minimum absolute atomic E-state index is 0.0152. The van der Waals surface area contributed by atoms with E-state index >= 15 is 0 Å². The third kappa shape index (κ3) is 3.10. The van der Waals surface area contributed by atoms with E-state index in [1.807, 2.05) is 36.4 Å². The fraction of sp³-hybridized carbons (Fsp3) is 0.312. The summed E-state index contributed by atoms with van der Waals surface area (Å²) in [5.41, 5.74) is 0.734. The summed E-state index contributed by atoms with van der Waals surface area (Å²) in [5.74, 6) is 0.628. The summed E-state index contributed by atoms with van der Waals surface area (Å²) in [5, 5.41) is 5.22. The highest BCUT2D eigenvalue weighted by molar-refractivity contribution is 5.98. The van der Waals surface area contributed by atoms with Gasteiger partial charge in [0.25, 0.3) is 5.91 Å². The molecule has 0 aromatic heterocycles. The van der Waals surface area contributed by atoms with Crippen molar-refractivity contribution < 1.29 is 4.79 Å². The van der Waals surface area contributed by atoms with E-state index in [1.165, 1.54) is 0 Å². The zero-order chi connectivity index (χ0) is 13.0. The Kier molecular flexibility index (Phi) is 3.98. The van der Waals surface area contributed by atoms with Crippen molar-refractivity contribution in [3.05, 3.63) is 48.0 Å². The van der Waals surface area contributed by atoms with E-state index in [0.29, 0.717) is 5.92 Å². The Morgan fingerprint density at radius 1 is 1.11 bits per heavy atom. The van der Waals surface area contributed by atoms with Crippen LogP contribution in [-0.4, -0.2) is 12.5 Å². The Balaban J connectivity index is 2.08. The van der Waals surface area contributed by atoms with Gasteiger partial charge < -0.3 is 5.32 Å². The van der Waals surface area contributed by atoms with Gasteiger partial charge in [0.2, 0.25) is 0 Å². The average Bonchev–Trinajstić information content (AvgIpc) is 2.37. The molecule has 0 aliphatic rings. The first kappa shape index (κ1) is 12.6. The van der Waals surface area contributed by atoms with E-state index in [9.17, 15) is 4.79 Å². The van der Waals surface area contributed by atoms with E-state index in [2.05, 4.69) is 25.2 Å². The molecule has 0 heterocycles. The van der Waals surface area contributed by atoms with Crippen molar-refractivity contribution in [3.8, 4) is 0 Å². The molecule has 0 aliphatic carbocycles. The summed E-state index contributed by atoms with van der Waals surface area (Å²) >= 11 is 0. The quantitative estimate of drug-likeness (QED) is 0.870. The molecule has 0 saturated heterocycles. The minimum atomic E-state index is 0.0152. The maximum absolute atomic E-state index is 12.0. The van der Waals surface area contributed by atoms with Crippen molar-refractivity contribution in [2.45, 2.75) is 20.3 Å². The average molecular weight is 241 g/mol. The van der Waals surface area contributed by atoms with Crippen LogP contribution in [0.25, 0.3) is 10.8 Å². The van der Waals surface area contributed by atoms with E-state index in [-0.39, 0.29) is 5.91 Å². The largest absolute Gasteiger partial charge is 0.352 e. The van der Waals surface area contributed by atoms with Gasteiger partial charge in [0.15, 0.2) is 0 Å². The first-order valence-electron chi connectivity index (χ1n) is 6.44. The van der Waals surface area contributed by atoms with E-state index in [1.54, 1.807) is 0 Å². The van der Waals surface area contributed by atoms with Gasteiger partial charge in [0.05, 0.1) is 0 Å². The molecular weight excluding hydrogens is 222 g/mol. The van der Waals surface area contributed by atoms with Crippen molar-refractivity contribution in [1.82, 2.24) is 5.32 Å². The number of benzene rings is 2. The number of hydrogen-bond donors (Lipinski definition) is 1. The SMILES string of the molecule is CC(C)CCNC(=O)c1ccc2ccccc2c1. The van der Waals surface area contributed by atoms with Crippen molar-refractivity contribution in [2.75, 3.05) is 6.54 Å². The van der Waals surface area contributed by atoms with Crippen LogP contribution in [0.4, 0.5) is 0 Å². The Morgan fingerprint density at radius 2 is 1.83 bits per heavy atom. The Hall–Kier alpha value is -1.83. The molecule has 2 heteroatoms. The summed E-state index contributed by atoms with van der Waals surface area (Å²) in [6, 6.07) is 13.9. The topological polar surface area (TPSA) is 29.1 Å². The number of hydrogen-bond acceptors (Lipinski definition) is 1. The lowest BCUT2D eigenvalue weighted by molar-refractivity contribution is 0.0952. The van der Waals surface area contributed by atoms with Crippen LogP contribution < -0.4 is 5.32 Å². The second kappa shape index (κ2) is 5.67. The number of amides is 1. The van der Waals surface area contributed by atoms with Crippen LogP contribution in [-0.2, 0) is 0 Å². The predicted molar refractivity (Wildman–Crippen MR) is 75.7 cm³/mol. The van der Waals surface area contributed by atoms with Crippen molar-refractivity contribution in [1.29, 1.82) is 0 Å². The number of nitrogens with one attached hydrogen (secondary N) is 1. The number of rotatable bonds is 4. The van der Waals surface area contributed by atoms with Crippen LogP contribution in [0.5, 0.6) is 0 Å². The van der Waals surface area contributed by atoms with E-state index < -0.39 is 0 Å². The van der Waals surface area contributed by atoms with Gasteiger partial charge >= 0.3 is 0 Å². The van der Waals surface area contributed by atoms with Gasteiger partial charge in [-0.1, -0.05) is 44.2 Å². The molecule has 0 aliphatic heterocycles. The van der Waals surface area contributed by atoms with Crippen molar-refractivity contribution in [3.63, 3.8) is 0 Å². The summed E-state index contributed by atoms with van der Waals surface area (Å²) in [6.07, 6.45) is 1.01. The second-order valence-corrected chi connectivity index (χ2v) is 5.00. The van der Waals surface area contributed by atoms with Crippen molar-refractivity contribution in [2.24, 2.45) is 5.92 Å². The molecule has 2 aromatic carbocycles. The molecule has 0 atom stereocenters. The molecule has 2 aromatic rings. The molecule has 2 nitrogen and oxygen atoms in total. The fourth-order valence-corrected chi connectivity index (χ4v) is 1.91. The summed E-state index contributed by atoms with van der Waals surface area (Å²) < 4.78 is 0. The van der Waals surface area contributed by atoms with Gasteiger partial charge in [0, 0.05) is 12.1 Å². The lowest BCUT2D eigenvalue weighted by Gasteiger charge is -2.07. The zero-order valence-electron chi connectivity index (χ0n) is 10.9. The minimum Gasteiger partial charge on any atom is -0.352 e. The molecule has 94 valence electrons. The summed E-state index contributed by atoms with van der Waals surface area (Å²) in [4.78, 5) is 12.0. The van der Waals surface area contributed by atoms with E-state index in [0.717, 1.165) is 29.3 Å². The third-order valence-corrected chi connectivity index (χ3v) is 3.02. The van der Waals surface area contributed by atoms with Gasteiger partial charge in [-0.2, -0.15) is 0 Å². The normalized spacial score (nSPS) is 10.8. The lowest BCUT2D eigenvalue weighted by atomic mass is 10.1. The van der Waals surface area contributed by atoms with Crippen LogP contribution in [0.3, 0.4) is 0 Å². The molecule has 0 saturated carbocycles. The highest BCUT2D eigenvalue weighted by Crippen LogP contribution is 2.15. The van der Waals surface area contributed by atoms with Gasteiger partial charge in [-0.15, -0.1) is 0 Å². The molecule has 0 fully saturated rings. The van der Waals surface area contributed by atoms with Gasteiger partial charge in [-0.25, -0.2) is 0 Å². The lowest BCUT2D eigenvalue weighted by Crippen LogP contribution is -2.25. The molecule has 1 amide bonds. The first-order chi connectivity index (χ1) is 8.66. The number of carbonyl (C=O) groups is 1. The molecule has 2 rings (SSSR count). The standard InChI is InChI=1S/C16H19NO/c1-12(2)9-10-17-16(18)15-8-7-13-5-3-4-6-14(13)11-15/h3-8,11-12H,9-10H2,1-2H3,(H,17,18). The smallest absolute Gasteiger partial charge is 0.251 e. The molecule has 0 unspecified atom stereocenters. The molecular formula is C16H19NO. The highest BCUT2D eigenvalue weighted by atomic mass is 16.1. The van der Waals surface area contributed by atoms with Crippen LogP contribution in [0, 0.1) is 5.92 Å². The Bertz CT molecular complexity index is 546. The van der Waals surface area contributed by atoms with Crippen LogP contribution >= 0.6 is 0 Å². The Morgan fingerprint density at radius 3 is 2.56 bits per heavy atom. The van der Waals surface area contributed by atoms with Gasteiger partial charge in [0.1, 0.15) is 0 Å². The third-order valence-electron chi connectivity index (χ3n) is 3.02. The first-order valence-corrected chi connectivity index (χ1v) is 6.44. The zero-order valence-corrected chi connectivity index (χ0v) is 10.9. The monoisotopic (exact) mass is 241 g/mol. The van der Waals surface area contributed by atoms with E-state index in [4.69, 9.17) is 0 Å². The molecule has 1 N–H and O–H groups in total. The van der Waals surface area contributed by atoms with Crippen LogP contribution in [0.1, 0.15) is 30.6 Å². The Labute approximate surface area is 108 Å². The maximum Gasteiger partial charge on any atom is 0.251 e.